The number of hydrogen-bond donors (Lipinski definition) is 0. The molecule has 0 saturated heterocycles. The Labute approximate surface area is 122 Å². The van der Waals surface area contributed by atoms with Crippen molar-refractivity contribution in [1.82, 2.24) is 10.2 Å². The molecule has 0 spiro atoms. The molecule has 0 bridgehead atoms. The van der Waals surface area contributed by atoms with Crippen molar-refractivity contribution in [2.75, 3.05) is 0 Å². The quantitative estimate of drug-likeness (QED) is 0.651. The van der Waals surface area contributed by atoms with Crippen molar-refractivity contribution in [2.24, 2.45) is 0 Å². The van der Waals surface area contributed by atoms with Crippen LogP contribution in [0.3, 0.4) is 0 Å². The zero-order chi connectivity index (χ0) is 15.7. The number of nitrogens with zero attached hydrogens (tertiary/aromatic N) is 2. The lowest BCUT2D eigenvalue weighted by molar-refractivity contribution is -0.137. The van der Waals surface area contributed by atoms with E-state index in [2.05, 4.69) is 10.2 Å². The summed E-state index contributed by atoms with van der Waals surface area (Å²) in [5.41, 5.74) is -0.158. The smallest absolute Gasteiger partial charge is 0.416 e. The zero-order valence-electron chi connectivity index (χ0n) is 10.9. The summed E-state index contributed by atoms with van der Waals surface area (Å²) in [4.78, 5) is 0. The fraction of sp³-hybridized carbons (Fsp3) is 0.0667. The molecule has 3 rings (SSSR count). The molecule has 22 heavy (non-hydrogen) atoms. The Hall–Kier alpha value is -2.70. The molecule has 1 heterocycles. The van der Waals surface area contributed by atoms with Crippen LogP contribution in [0.4, 0.5) is 17.6 Å². The maximum Gasteiger partial charge on any atom is 0.416 e. The van der Waals surface area contributed by atoms with E-state index in [9.17, 15) is 17.6 Å². The Balaban J connectivity index is 1.96. The highest BCUT2D eigenvalue weighted by atomic mass is 19.4. The van der Waals surface area contributed by atoms with Gasteiger partial charge in [-0.25, -0.2) is 4.39 Å². The van der Waals surface area contributed by atoms with Crippen molar-refractivity contribution in [2.45, 2.75) is 6.18 Å². The van der Waals surface area contributed by atoms with Crippen LogP contribution in [-0.2, 0) is 6.18 Å². The van der Waals surface area contributed by atoms with Crippen molar-refractivity contribution in [3.05, 3.63) is 59.9 Å². The van der Waals surface area contributed by atoms with Gasteiger partial charge in [0.15, 0.2) is 0 Å². The summed E-state index contributed by atoms with van der Waals surface area (Å²) in [6.45, 7) is 0. The minimum Gasteiger partial charge on any atom is -0.416 e. The monoisotopic (exact) mass is 308 g/mol. The first-order valence-electron chi connectivity index (χ1n) is 6.20. The van der Waals surface area contributed by atoms with Gasteiger partial charge in [-0.3, -0.25) is 0 Å². The van der Waals surface area contributed by atoms with Crippen LogP contribution in [0.2, 0.25) is 0 Å². The molecule has 112 valence electrons. The summed E-state index contributed by atoms with van der Waals surface area (Å²) in [6.07, 6.45) is -4.45. The third-order valence-electron chi connectivity index (χ3n) is 2.95. The molecule has 0 unspecified atom stereocenters. The topological polar surface area (TPSA) is 38.9 Å². The van der Waals surface area contributed by atoms with Crippen molar-refractivity contribution in [1.29, 1.82) is 0 Å². The summed E-state index contributed by atoms with van der Waals surface area (Å²) in [7, 11) is 0. The van der Waals surface area contributed by atoms with E-state index in [1.54, 1.807) is 0 Å². The van der Waals surface area contributed by atoms with Crippen LogP contribution in [0.1, 0.15) is 5.56 Å². The minimum absolute atomic E-state index is 0.0366. The van der Waals surface area contributed by atoms with E-state index in [1.165, 1.54) is 36.4 Å². The van der Waals surface area contributed by atoms with Crippen LogP contribution in [0.25, 0.3) is 22.9 Å². The number of halogens is 4. The molecule has 1 aromatic heterocycles. The maximum atomic E-state index is 12.9. The summed E-state index contributed by atoms with van der Waals surface area (Å²) in [6, 6.07) is 9.93. The third-order valence-corrected chi connectivity index (χ3v) is 2.95. The largest absolute Gasteiger partial charge is 0.416 e. The fourth-order valence-corrected chi connectivity index (χ4v) is 1.88. The predicted octanol–water partition coefficient (Wildman–Crippen LogP) is 4.56. The van der Waals surface area contributed by atoms with Gasteiger partial charge in [0.05, 0.1) is 5.56 Å². The highest BCUT2D eigenvalue weighted by molar-refractivity contribution is 5.58. The van der Waals surface area contributed by atoms with E-state index in [0.717, 1.165) is 12.1 Å². The zero-order valence-corrected chi connectivity index (χ0v) is 10.9. The minimum atomic E-state index is -4.45. The van der Waals surface area contributed by atoms with Gasteiger partial charge >= 0.3 is 6.18 Å². The number of aromatic nitrogens is 2. The van der Waals surface area contributed by atoms with Gasteiger partial charge in [0, 0.05) is 11.1 Å². The van der Waals surface area contributed by atoms with E-state index in [1.807, 2.05) is 0 Å². The first kappa shape index (κ1) is 14.2. The molecule has 3 nitrogen and oxygen atoms in total. The van der Waals surface area contributed by atoms with Gasteiger partial charge in [-0.1, -0.05) is 6.07 Å². The van der Waals surface area contributed by atoms with E-state index in [0.29, 0.717) is 5.56 Å². The van der Waals surface area contributed by atoms with Crippen LogP contribution >= 0.6 is 0 Å². The van der Waals surface area contributed by atoms with Crippen LogP contribution in [0, 0.1) is 5.82 Å². The molecular weight excluding hydrogens is 300 g/mol. The SMILES string of the molecule is Fc1ccc(-c2nnc(-c3cccc(C(F)(F)F)c3)o2)cc1. The van der Waals surface area contributed by atoms with Crippen molar-refractivity contribution in [3.8, 4) is 22.9 Å². The second kappa shape index (κ2) is 5.25. The second-order valence-electron chi connectivity index (χ2n) is 4.50. The van der Waals surface area contributed by atoms with Crippen LogP contribution in [0.15, 0.2) is 52.9 Å². The number of benzene rings is 2. The Morgan fingerprint density at radius 1 is 0.818 bits per heavy atom. The van der Waals surface area contributed by atoms with Crippen molar-refractivity contribution >= 4 is 0 Å². The molecule has 2 aromatic carbocycles. The molecule has 3 aromatic rings. The summed E-state index contributed by atoms with van der Waals surface area (Å²) < 4.78 is 56.3. The highest BCUT2D eigenvalue weighted by Crippen LogP contribution is 2.32. The standard InChI is InChI=1S/C15H8F4N2O/c16-12-6-4-9(5-7-12)13-20-21-14(22-13)10-2-1-3-11(8-10)15(17,18)19/h1-8H. The number of hydrogen-bond acceptors (Lipinski definition) is 3. The number of alkyl halides is 3. The Morgan fingerprint density at radius 2 is 1.45 bits per heavy atom. The van der Waals surface area contributed by atoms with Crippen LogP contribution in [-0.4, -0.2) is 10.2 Å². The van der Waals surface area contributed by atoms with Gasteiger partial charge in [0.25, 0.3) is 0 Å². The molecule has 0 fully saturated rings. The van der Waals surface area contributed by atoms with E-state index < -0.39 is 17.6 Å². The van der Waals surface area contributed by atoms with E-state index in [4.69, 9.17) is 4.42 Å². The lowest BCUT2D eigenvalue weighted by atomic mass is 10.1. The molecule has 0 N–H and O–H groups in total. The van der Waals surface area contributed by atoms with Gasteiger partial charge < -0.3 is 4.42 Å². The summed E-state index contributed by atoms with van der Waals surface area (Å²) >= 11 is 0. The molecule has 0 atom stereocenters. The van der Waals surface area contributed by atoms with E-state index >= 15 is 0 Å². The molecule has 0 aliphatic heterocycles. The third kappa shape index (κ3) is 2.83. The molecular formula is C15H8F4N2O. The lowest BCUT2D eigenvalue weighted by Gasteiger charge is -2.06. The van der Waals surface area contributed by atoms with Gasteiger partial charge in [0.2, 0.25) is 11.8 Å². The predicted molar refractivity (Wildman–Crippen MR) is 70.1 cm³/mol. The summed E-state index contributed by atoms with van der Waals surface area (Å²) in [5, 5.41) is 7.49. The van der Waals surface area contributed by atoms with Crippen molar-refractivity contribution in [3.63, 3.8) is 0 Å². The van der Waals surface area contributed by atoms with Gasteiger partial charge in [0.1, 0.15) is 5.82 Å². The van der Waals surface area contributed by atoms with Crippen LogP contribution in [0.5, 0.6) is 0 Å². The molecule has 0 aliphatic rings. The maximum absolute atomic E-state index is 12.9. The highest BCUT2D eigenvalue weighted by Gasteiger charge is 2.30. The molecule has 0 saturated carbocycles. The van der Waals surface area contributed by atoms with Gasteiger partial charge in [-0.05, 0) is 42.5 Å². The number of rotatable bonds is 2. The Kier molecular flexibility index (Phi) is 3.40. The Morgan fingerprint density at radius 3 is 2.09 bits per heavy atom. The Bertz CT molecular complexity index is 794. The van der Waals surface area contributed by atoms with Crippen molar-refractivity contribution < 1.29 is 22.0 Å². The lowest BCUT2D eigenvalue weighted by Crippen LogP contribution is -2.04. The molecule has 0 radical (unpaired) electrons. The molecule has 0 aliphatic carbocycles. The normalized spacial score (nSPS) is 11.6. The van der Waals surface area contributed by atoms with Crippen LogP contribution < -0.4 is 0 Å². The van der Waals surface area contributed by atoms with E-state index in [-0.39, 0.29) is 17.3 Å². The second-order valence-corrected chi connectivity index (χ2v) is 4.50. The van der Waals surface area contributed by atoms with Gasteiger partial charge in [-0.15, -0.1) is 10.2 Å². The molecule has 7 heteroatoms. The average molecular weight is 308 g/mol. The first-order chi connectivity index (χ1) is 10.4. The first-order valence-corrected chi connectivity index (χ1v) is 6.20. The fourth-order valence-electron chi connectivity index (χ4n) is 1.88. The summed E-state index contributed by atoms with van der Waals surface area (Å²) in [5.74, 6) is -0.348. The van der Waals surface area contributed by atoms with Gasteiger partial charge in [-0.2, -0.15) is 13.2 Å². The molecule has 0 amide bonds. The average Bonchev–Trinajstić information content (AvgIpc) is 2.97.